The van der Waals surface area contributed by atoms with Crippen molar-refractivity contribution in [1.82, 2.24) is 10.3 Å². The third kappa shape index (κ3) is 3.70. The highest BCUT2D eigenvalue weighted by Crippen LogP contribution is 2.34. The van der Waals surface area contributed by atoms with Crippen LogP contribution in [0.15, 0.2) is 23.5 Å². The molecule has 0 spiro atoms. The molecule has 4 N–H and O–H groups in total. The lowest BCUT2D eigenvalue weighted by Gasteiger charge is -2.33. The van der Waals surface area contributed by atoms with Gasteiger partial charge in [0.15, 0.2) is 5.84 Å². The van der Waals surface area contributed by atoms with E-state index in [4.69, 9.17) is 10.9 Å². The van der Waals surface area contributed by atoms with Crippen molar-refractivity contribution in [1.29, 1.82) is 0 Å². The van der Waals surface area contributed by atoms with Crippen LogP contribution in [0.25, 0.3) is 0 Å². The second kappa shape index (κ2) is 6.70. The molecule has 1 aromatic rings. The lowest BCUT2D eigenvalue weighted by atomic mass is 9.76. The summed E-state index contributed by atoms with van der Waals surface area (Å²) in [5, 5.41) is 15.3. The summed E-state index contributed by atoms with van der Waals surface area (Å²) in [4.78, 5) is 4.18. The molecule has 1 saturated carbocycles. The van der Waals surface area contributed by atoms with Crippen molar-refractivity contribution in [2.24, 2.45) is 16.3 Å². The van der Waals surface area contributed by atoms with Crippen molar-refractivity contribution in [3.05, 3.63) is 29.6 Å². The predicted octanol–water partition coefficient (Wildman–Crippen LogP) is 2.24. The molecule has 5 heteroatoms. The summed E-state index contributed by atoms with van der Waals surface area (Å²) in [6.07, 6.45) is 8.27. The quantitative estimate of drug-likeness (QED) is 0.333. The van der Waals surface area contributed by atoms with Crippen molar-refractivity contribution in [3.63, 3.8) is 0 Å². The molecule has 5 nitrogen and oxygen atoms in total. The third-order valence-electron chi connectivity index (χ3n) is 4.17. The molecule has 0 saturated heterocycles. The van der Waals surface area contributed by atoms with Crippen LogP contribution < -0.4 is 11.1 Å². The van der Waals surface area contributed by atoms with E-state index in [1.807, 2.05) is 12.1 Å². The lowest BCUT2D eigenvalue weighted by molar-refractivity contribution is 0.207. The van der Waals surface area contributed by atoms with Gasteiger partial charge >= 0.3 is 0 Å². The Labute approximate surface area is 120 Å². The van der Waals surface area contributed by atoms with Gasteiger partial charge in [0.2, 0.25) is 0 Å². The zero-order valence-corrected chi connectivity index (χ0v) is 12.1. The van der Waals surface area contributed by atoms with E-state index < -0.39 is 0 Å². The molecule has 1 fully saturated rings. The monoisotopic (exact) mass is 276 g/mol. The second-order valence-electron chi connectivity index (χ2n) is 5.97. The number of rotatable bonds is 5. The normalized spacial score (nSPS) is 18.9. The number of hydrogen-bond donors (Lipinski definition) is 3. The van der Waals surface area contributed by atoms with Crippen LogP contribution in [-0.2, 0) is 6.54 Å². The first-order valence-corrected chi connectivity index (χ1v) is 7.27. The molecular formula is C15H24N4O. The van der Waals surface area contributed by atoms with Gasteiger partial charge in [0.1, 0.15) is 5.69 Å². The van der Waals surface area contributed by atoms with Crippen LogP contribution in [0.4, 0.5) is 0 Å². The van der Waals surface area contributed by atoms with Gasteiger partial charge in [-0.15, -0.1) is 0 Å². The molecular weight excluding hydrogens is 252 g/mol. The first-order chi connectivity index (χ1) is 9.64. The molecule has 0 aliphatic heterocycles. The fourth-order valence-electron chi connectivity index (χ4n) is 2.94. The molecule has 0 amide bonds. The molecule has 1 heterocycles. The van der Waals surface area contributed by atoms with Crippen molar-refractivity contribution in [3.8, 4) is 0 Å². The zero-order valence-electron chi connectivity index (χ0n) is 12.1. The summed E-state index contributed by atoms with van der Waals surface area (Å²) < 4.78 is 0. The third-order valence-corrected chi connectivity index (χ3v) is 4.17. The molecule has 0 atom stereocenters. The smallest absolute Gasteiger partial charge is 0.189 e. The van der Waals surface area contributed by atoms with Gasteiger partial charge in [0.05, 0.1) is 0 Å². The number of amidine groups is 1. The minimum Gasteiger partial charge on any atom is -0.409 e. The van der Waals surface area contributed by atoms with Crippen molar-refractivity contribution in [2.45, 2.75) is 45.6 Å². The Bertz CT molecular complexity index is 467. The van der Waals surface area contributed by atoms with E-state index in [1.165, 1.54) is 32.1 Å². The van der Waals surface area contributed by atoms with Crippen LogP contribution in [0.1, 0.15) is 50.3 Å². The SMILES string of the molecule is CC1(CNCc2cccnc2/C(N)=N/O)CCCCC1. The van der Waals surface area contributed by atoms with E-state index in [2.05, 4.69) is 22.4 Å². The summed E-state index contributed by atoms with van der Waals surface area (Å²) >= 11 is 0. The van der Waals surface area contributed by atoms with E-state index in [0.717, 1.165) is 12.1 Å². The van der Waals surface area contributed by atoms with E-state index in [9.17, 15) is 0 Å². The Kier molecular flexibility index (Phi) is 4.95. The minimum absolute atomic E-state index is 0.0614. The topological polar surface area (TPSA) is 83.5 Å². The molecule has 1 aliphatic carbocycles. The number of aromatic nitrogens is 1. The van der Waals surface area contributed by atoms with Crippen LogP contribution in [0.2, 0.25) is 0 Å². The van der Waals surface area contributed by atoms with Crippen LogP contribution in [0, 0.1) is 5.41 Å². The lowest BCUT2D eigenvalue weighted by Crippen LogP contribution is -2.33. The van der Waals surface area contributed by atoms with Crippen molar-refractivity contribution >= 4 is 5.84 Å². The number of nitrogens with zero attached hydrogens (tertiary/aromatic N) is 2. The molecule has 20 heavy (non-hydrogen) atoms. The molecule has 0 bridgehead atoms. The highest BCUT2D eigenvalue weighted by molar-refractivity contribution is 5.96. The maximum Gasteiger partial charge on any atom is 0.189 e. The molecule has 0 aromatic carbocycles. The maximum atomic E-state index is 8.79. The summed E-state index contributed by atoms with van der Waals surface area (Å²) in [6, 6.07) is 3.82. The highest BCUT2D eigenvalue weighted by Gasteiger charge is 2.26. The van der Waals surface area contributed by atoms with E-state index in [-0.39, 0.29) is 5.84 Å². The first-order valence-electron chi connectivity index (χ1n) is 7.27. The Morgan fingerprint density at radius 2 is 2.20 bits per heavy atom. The summed E-state index contributed by atoms with van der Waals surface area (Å²) in [5.41, 5.74) is 7.56. The Balaban J connectivity index is 1.94. The number of hydrogen-bond acceptors (Lipinski definition) is 4. The van der Waals surface area contributed by atoms with Gasteiger partial charge in [-0.1, -0.05) is 37.4 Å². The van der Waals surface area contributed by atoms with Crippen molar-refractivity contribution in [2.75, 3.05) is 6.54 Å². The predicted molar refractivity (Wildman–Crippen MR) is 79.6 cm³/mol. The largest absolute Gasteiger partial charge is 0.409 e. The average molecular weight is 276 g/mol. The van der Waals surface area contributed by atoms with Gasteiger partial charge in [0, 0.05) is 19.3 Å². The zero-order chi connectivity index (χ0) is 14.4. The Morgan fingerprint density at radius 1 is 1.45 bits per heavy atom. The van der Waals surface area contributed by atoms with Crippen molar-refractivity contribution < 1.29 is 5.21 Å². The van der Waals surface area contributed by atoms with Crippen LogP contribution in [0.3, 0.4) is 0 Å². The molecule has 1 aliphatic rings. The fourth-order valence-corrected chi connectivity index (χ4v) is 2.94. The second-order valence-corrected chi connectivity index (χ2v) is 5.97. The Hall–Kier alpha value is -1.62. The minimum atomic E-state index is 0.0614. The number of nitrogens with one attached hydrogen (secondary N) is 1. The first kappa shape index (κ1) is 14.8. The fraction of sp³-hybridized carbons (Fsp3) is 0.600. The van der Waals surface area contributed by atoms with Gasteiger partial charge in [-0.25, -0.2) is 0 Å². The number of nitrogens with two attached hydrogens (primary N) is 1. The average Bonchev–Trinajstić information content (AvgIpc) is 2.47. The van der Waals surface area contributed by atoms with Crippen LogP contribution in [-0.4, -0.2) is 22.6 Å². The van der Waals surface area contributed by atoms with Gasteiger partial charge in [-0.05, 0) is 29.9 Å². The summed E-state index contributed by atoms with van der Waals surface area (Å²) in [5.74, 6) is 0.0614. The molecule has 0 unspecified atom stereocenters. The Morgan fingerprint density at radius 3 is 2.90 bits per heavy atom. The van der Waals surface area contributed by atoms with Gasteiger partial charge in [0.25, 0.3) is 0 Å². The van der Waals surface area contributed by atoms with Crippen LogP contribution in [0.5, 0.6) is 0 Å². The van der Waals surface area contributed by atoms with Gasteiger partial charge < -0.3 is 16.3 Å². The molecule has 2 rings (SSSR count). The summed E-state index contributed by atoms with van der Waals surface area (Å²) in [7, 11) is 0. The van der Waals surface area contributed by atoms with Crippen LogP contribution >= 0.6 is 0 Å². The molecule has 1 aromatic heterocycles. The van der Waals surface area contributed by atoms with Gasteiger partial charge in [-0.2, -0.15) is 0 Å². The summed E-state index contributed by atoms with van der Waals surface area (Å²) in [6.45, 7) is 4.04. The van der Waals surface area contributed by atoms with Gasteiger partial charge in [-0.3, -0.25) is 4.98 Å². The van der Waals surface area contributed by atoms with E-state index in [1.54, 1.807) is 6.20 Å². The molecule has 0 radical (unpaired) electrons. The standard InChI is InChI=1S/C15H24N4O/c1-15(7-3-2-4-8-15)11-17-10-12-6-5-9-18-13(12)14(16)19-20/h5-6,9,17,20H,2-4,7-8,10-11H2,1H3,(H2,16,19). The highest BCUT2D eigenvalue weighted by atomic mass is 16.4. The van der Waals surface area contributed by atoms with E-state index in [0.29, 0.717) is 17.7 Å². The molecule has 110 valence electrons. The number of oxime groups is 1. The number of pyridine rings is 1. The maximum absolute atomic E-state index is 8.79. The van der Waals surface area contributed by atoms with E-state index >= 15 is 0 Å².